The quantitative estimate of drug-likeness (QED) is 0.560. The second kappa shape index (κ2) is 6.99. The van der Waals surface area contributed by atoms with E-state index in [4.69, 9.17) is 9.94 Å². The molecule has 0 heterocycles. The van der Waals surface area contributed by atoms with Crippen molar-refractivity contribution >= 4 is 0 Å². The highest BCUT2D eigenvalue weighted by atomic mass is 16.7. The fourth-order valence-corrected chi connectivity index (χ4v) is 0.740. The average molecular weight is 147 g/mol. The molecule has 0 aromatic heterocycles. The summed E-state index contributed by atoms with van der Waals surface area (Å²) in [5.41, 5.74) is 0. The Morgan fingerprint density at radius 3 is 2.50 bits per heavy atom. The van der Waals surface area contributed by atoms with Crippen LogP contribution in [0.2, 0.25) is 0 Å². The van der Waals surface area contributed by atoms with E-state index in [1.54, 1.807) is 12.2 Å². The Hall–Kier alpha value is -0.120. The van der Waals surface area contributed by atoms with Gasteiger partial charge in [0.25, 0.3) is 0 Å². The van der Waals surface area contributed by atoms with Crippen LogP contribution in [0.3, 0.4) is 0 Å². The van der Waals surface area contributed by atoms with Gasteiger partial charge in [-0.3, -0.25) is 0 Å². The van der Waals surface area contributed by atoms with E-state index in [9.17, 15) is 0 Å². The molecule has 0 aromatic carbocycles. The molecule has 0 aliphatic carbocycles. The zero-order chi connectivity index (χ0) is 7.82. The van der Waals surface area contributed by atoms with Crippen molar-refractivity contribution in [3.05, 3.63) is 0 Å². The average Bonchev–Trinajstić information content (AvgIpc) is 1.98. The fourth-order valence-electron chi connectivity index (χ4n) is 0.740. The number of hydroxylamine groups is 2. The van der Waals surface area contributed by atoms with E-state index in [0.717, 1.165) is 19.4 Å². The summed E-state index contributed by atoms with van der Waals surface area (Å²) in [5, 5.41) is 10.3. The second-order valence-corrected chi connectivity index (χ2v) is 2.19. The zero-order valence-corrected chi connectivity index (χ0v) is 6.84. The van der Waals surface area contributed by atoms with Crippen LogP contribution in [0.25, 0.3) is 0 Å². The molecule has 0 fully saturated rings. The molecule has 3 nitrogen and oxygen atoms in total. The van der Waals surface area contributed by atoms with Gasteiger partial charge in [-0.2, -0.15) is 5.06 Å². The van der Waals surface area contributed by atoms with Crippen molar-refractivity contribution in [2.24, 2.45) is 0 Å². The smallest absolute Gasteiger partial charge is 0.0581 e. The Morgan fingerprint density at radius 1 is 1.40 bits per heavy atom. The van der Waals surface area contributed by atoms with E-state index < -0.39 is 0 Å². The molecule has 0 aliphatic heterocycles. The van der Waals surface area contributed by atoms with Gasteiger partial charge < -0.3 is 9.94 Å². The summed E-state index contributed by atoms with van der Waals surface area (Å²) in [6.45, 7) is 3.81. The largest absolute Gasteiger partial charge is 0.395 e. The molecule has 3 heteroatoms. The highest BCUT2D eigenvalue weighted by Gasteiger charge is 1.99. The molecule has 10 heavy (non-hydrogen) atoms. The lowest BCUT2D eigenvalue weighted by Crippen LogP contribution is -2.26. The third-order valence-electron chi connectivity index (χ3n) is 1.37. The van der Waals surface area contributed by atoms with Gasteiger partial charge >= 0.3 is 0 Å². The number of hydrogen-bond acceptors (Lipinski definition) is 3. The first-order valence-electron chi connectivity index (χ1n) is 3.75. The van der Waals surface area contributed by atoms with Crippen molar-refractivity contribution in [1.29, 1.82) is 0 Å². The van der Waals surface area contributed by atoms with E-state index in [1.807, 2.05) is 0 Å². The lowest BCUT2D eigenvalue weighted by molar-refractivity contribution is -0.137. The summed E-state index contributed by atoms with van der Waals surface area (Å²) in [4.78, 5) is 4.97. The summed E-state index contributed by atoms with van der Waals surface area (Å²) >= 11 is 0. The molecule has 0 spiro atoms. The lowest BCUT2D eigenvalue weighted by atomic mass is 10.3. The topological polar surface area (TPSA) is 32.7 Å². The SMILES string of the molecule is CCCCN(CCO)OC. The molecule has 0 atom stereocenters. The van der Waals surface area contributed by atoms with Gasteiger partial charge in [0.15, 0.2) is 0 Å². The third kappa shape index (κ3) is 4.73. The van der Waals surface area contributed by atoms with Crippen LogP contribution in [0.5, 0.6) is 0 Å². The van der Waals surface area contributed by atoms with Crippen molar-refractivity contribution in [3.8, 4) is 0 Å². The molecule has 0 bridgehead atoms. The predicted octanol–water partition coefficient (Wildman–Crippen LogP) is 0.642. The van der Waals surface area contributed by atoms with Crippen molar-refractivity contribution in [3.63, 3.8) is 0 Å². The summed E-state index contributed by atoms with van der Waals surface area (Å²) in [6, 6.07) is 0. The highest BCUT2D eigenvalue weighted by molar-refractivity contribution is 4.43. The first-order chi connectivity index (χ1) is 4.85. The molecule has 0 saturated carbocycles. The Labute approximate surface area is 62.6 Å². The van der Waals surface area contributed by atoms with Crippen LogP contribution < -0.4 is 0 Å². The summed E-state index contributed by atoms with van der Waals surface area (Å²) in [7, 11) is 1.63. The van der Waals surface area contributed by atoms with Gasteiger partial charge in [0.1, 0.15) is 0 Å². The molecule has 0 unspecified atom stereocenters. The van der Waals surface area contributed by atoms with Gasteiger partial charge in [-0.15, -0.1) is 0 Å². The molecule has 1 N–H and O–H groups in total. The minimum atomic E-state index is 0.164. The molecule has 0 amide bonds. The van der Waals surface area contributed by atoms with Gasteiger partial charge in [-0.25, -0.2) is 0 Å². The maximum absolute atomic E-state index is 8.55. The number of aliphatic hydroxyl groups is 1. The second-order valence-electron chi connectivity index (χ2n) is 2.19. The minimum absolute atomic E-state index is 0.164. The minimum Gasteiger partial charge on any atom is -0.395 e. The van der Waals surface area contributed by atoms with Crippen LogP contribution >= 0.6 is 0 Å². The Morgan fingerprint density at radius 2 is 2.10 bits per heavy atom. The first kappa shape index (κ1) is 9.88. The maximum Gasteiger partial charge on any atom is 0.0581 e. The predicted molar refractivity (Wildman–Crippen MR) is 40.6 cm³/mol. The van der Waals surface area contributed by atoms with Crippen molar-refractivity contribution < 1.29 is 9.94 Å². The Bertz CT molecular complexity index is 68.6. The fraction of sp³-hybridized carbons (Fsp3) is 1.00. The maximum atomic E-state index is 8.55. The molecule has 0 radical (unpaired) electrons. The van der Waals surface area contributed by atoms with E-state index in [-0.39, 0.29) is 6.61 Å². The third-order valence-corrected chi connectivity index (χ3v) is 1.37. The lowest BCUT2D eigenvalue weighted by Gasteiger charge is -2.17. The van der Waals surface area contributed by atoms with Gasteiger partial charge in [0.05, 0.1) is 13.7 Å². The van der Waals surface area contributed by atoms with Crippen LogP contribution in [-0.4, -0.2) is 37.0 Å². The highest BCUT2D eigenvalue weighted by Crippen LogP contribution is 1.93. The van der Waals surface area contributed by atoms with Crippen LogP contribution in [0.15, 0.2) is 0 Å². The zero-order valence-electron chi connectivity index (χ0n) is 6.84. The van der Waals surface area contributed by atoms with Crippen LogP contribution in [-0.2, 0) is 4.84 Å². The van der Waals surface area contributed by atoms with E-state index in [0.29, 0.717) is 6.54 Å². The Balaban J connectivity index is 3.21. The van der Waals surface area contributed by atoms with Crippen LogP contribution in [0.4, 0.5) is 0 Å². The molecular formula is C7H17NO2. The number of unbranched alkanes of at least 4 members (excludes halogenated alkanes) is 1. The summed E-state index contributed by atoms with van der Waals surface area (Å²) < 4.78 is 0. The molecule has 0 rings (SSSR count). The van der Waals surface area contributed by atoms with E-state index in [2.05, 4.69) is 6.92 Å². The number of aliphatic hydroxyl groups excluding tert-OH is 1. The van der Waals surface area contributed by atoms with E-state index >= 15 is 0 Å². The Kier molecular flexibility index (Phi) is 6.91. The van der Waals surface area contributed by atoms with Crippen LogP contribution in [0, 0.1) is 0 Å². The monoisotopic (exact) mass is 147 g/mol. The van der Waals surface area contributed by atoms with Crippen molar-refractivity contribution in [2.45, 2.75) is 19.8 Å². The molecular weight excluding hydrogens is 130 g/mol. The van der Waals surface area contributed by atoms with Crippen molar-refractivity contribution in [2.75, 3.05) is 26.8 Å². The first-order valence-corrected chi connectivity index (χ1v) is 3.75. The number of rotatable bonds is 6. The summed E-state index contributed by atoms with van der Waals surface area (Å²) in [5.74, 6) is 0. The van der Waals surface area contributed by atoms with E-state index in [1.165, 1.54) is 0 Å². The normalized spacial score (nSPS) is 10.8. The number of hydrogen-bond donors (Lipinski definition) is 1. The molecule has 62 valence electrons. The van der Waals surface area contributed by atoms with Gasteiger partial charge in [-0.05, 0) is 6.42 Å². The van der Waals surface area contributed by atoms with Crippen molar-refractivity contribution in [1.82, 2.24) is 5.06 Å². The van der Waals surface area contributed by atoms with Gasteiger partial charge in [-0.1, -0.05) is 13.3 Å². The molecule has 0 aliphatic rings. The number of nitrogens with zero attached hydrogens (tertiary/aromatic N) is 1. The van der Waals surface area contributed by atoms with Gasteiger partial charge in [0, 0.05) is 13.1 Å². The standard InChI is InChI=1S/C7H17NO2/c1-3-4-5-8(10-2)6-7-9/h9H,3-7H2,1-2H3. The molecule has 0 aromatic rings. The summed E-state index contributed by atoms with van der Waals surface area (Å²) in [6.07, 6.45) is 2.28. The van der Waals surface area contributed by atoms with Crippen LogP contribution in [0.1, 0.15) is 19.8 Å². The van der Waals surface area contributed by atoms with Gasteiger partial charge in [0.2, 0.25) is 0 Å². The molecule has 0 saturated heterocycles.